The van der Waals surface area contributed by atoms with E-state index in [1.54, 1.807) is 0 Å². The number of hydrogen-bond donors (Lipinski definition) is 1. The predicted octanol–water partition coefficient (Wildman–Crippen LogP) is 3.77. The molecule has 0 fully saturated rings. The second-order valence-electron chi connectivity index (χ2n) is 5.60. The Morgan fingerprint density at radius 2 is 2.03 bits per heavy atom. The largest absolute Gasteiger partial charge is 0.447 e. The molecule has 0 aliphatic carbocycles. The van der Waals surface area contributed by atoms with Crippen molar-refractivity contribution in [2.24, 2.45) is 0 Å². The summed E-state index contributed by atoms with van der Waals surface area (Å²) in [7, 11) is 0. The number of ether oxygens (including phenoxy) is 1. The van der Waals surface area contributed by atoms with Crippen LogP contribution in [0.15, 0.2) is 40.1 Å². The summed E-state index contributed by atoms with van der Waals surface area (Å²) in [5.74, 6) is -4.85. The summed E-state index contributed by atoms with van der Waals surface area (Å²) in [5, 5.41) is 14.7. The molecule has 1 amide bonds. The van der Waals surface area contributed by atoms with Gasteiger partial charge in [-0.3, -0.25) is 20.2 Å². The minimum absolute atomic E-state index is 0.145. The normalized spacial score (nSPS) is 11.7. The number of benzene rings is 1. The lowest BCUT2D eigenvalue weighted by Gasteiger charge is -2.11. The maximum Gasteiger partial charge on any atom is 0.433 e. The molecular formula is C17H11F2N3O6S. The number of hydrogen-bond acceptors (Lipinski definition) is 8. The van der Waals surface area contributed by atoms with E-state index in [0.29, 0.717) is 11.3 Å². The van der Waals surface area contributed by atoms with E-state index in [4.69, 9.17) is 9.15 Å². The zero-order chi connectivity index (χ0) is 21.1. The molecule has 0 unspecified atom stereocenters. The number of nitro groups is 1. The molecule has 0 aliphatic rings. The minimum atomic E-state index is -1.26. The number of carbonyl (C=O) groups excluding carboxylic acids is 2. The van der Waals surface area contributed by atoms with E-state index < -0.39 is 46.2 Å². The second-order valence-corrected chi connectivity index (χ2v) is 6.46. The molecule has 0 aliphatic heterocycles. The molecule has 0 radical (unpaired) electrons. The van der Waals surface area contributed by atoms with E-state index in [2.05, 4.69) is 10.3 Å². The molecule has 9 nitrogen and oxygen atoms in total. The number of anilines is 1. The Kier molecular flexibility index (Phi) is 5.64. The second kappa shape index (κ2) is 8.14. The number of halogens is 2. The van der Waals surface area contributed by atoms with Crippen LogP contribution in [0.5, 0.6) is 0 Å². The van der Waals surface area contributed by atoms with Crippen LogP contribution >= 0.6 is 11.3 Å². The van der Waals surface area contributed by atoms with Crippen LogP contribution in [0.3, 0.4) is 0 Å². The summed E-state index contributed by atoms with van der Waals surface area (Å²) >= 11 is 1.03. The lowest BCUT2D eigenvalue weighted by molar-refractivity contribution is -0.402. The SMILES string of the molecule is C[C@H](OC(=O)c1ccc([N+](=O)[O-])o1)C(=O)Nc1nc(-c2ccc(F)c(F)c2)cs1. The van der Waals surface area contributed by atoms with E-state index in [1.807, 2.05) is 0 Å². The first kappa shape index (κ1) is 20.1. The van der Waals surface area contributed by atoms with Gasteiger partial charge in [0.2, 0.25) is 5.76 Å². The first-order valence-corrected chi connectivity index (χ1v) is 8.79. The maximum absolute atomic E-state index is 13.3. The Morgan fingerprint density at radius 1 is 1.28 bits per heavy atom. The lowest BCUT2D eigenvalue weighted by Crippen LogP contribution is -2.29. The van der Waals surface area contributed by atoms with Crippen molar-refractivity contribution in [3.05, 3.63) is 63.2 Å². The fourth-order valence-corrected chi connectivity index (χ4v) is 2.86. The van der Waals surface area contributed by atoms with Crippen LogP contribution < -0.4 is 5.32 Å². The number of nitrogens with zero attached hydrogens (tertiary/aromatic N) is 2. The zero-order valence-corrected chi connectivity index (χ0v) is 15.4. The number of thiazole rings is 1. The van der Waals surface area contributed by atoms with Crippen molar-refractivity contribution in [2.75, 3.05) is 5.32 Å². The Labute approximate surface area is 165 Å². The van der Waals surface area contributed by atoms with Gasteiger partial charge in [-0.2, -0.15) is 0 Å². The number of nitrogens with one attached hydrogen (secondary N) is 1. The topological polar surface area (TPSA) is 125 Å². The van der Waals surface area contributed by atoms with Crippen molar-refractivity contribution in [2.45, 2.75) is 13.0 Å². The summed E-state index contributed by atoms with van der Waals surface area (Å²) < 4.78 is 36.0. The molecule has 0 spiro atoms. The van der Waals surface area contributed by atoms with Gasteiger partial charge < -0.3 is 9.15 Å². The molecule has 29 heavy (non-hydrogen) atoms. The molecule has 150 valence electrons. The average molecular weight is 423 g/mol. The van der Waals surface area contributed by atoms with Crippen LogP contribution in [0.1, 0.15) is 17.5 Å². The summed E-state index contributed by atoms with van der Waals surface area (Å²) in [6, 6.07) is 5.31. The third kappa shape index (κ3) is 4.60. The summed E-state index contributed by atoms with van der Waals surface area (Å²) in [5.41, 5.74) is 0.635. The van der Waals surface area contributed by atoms with Gasteiger partial charge in [0, 0.05) is 10.9 Å². The molecule has 1 N–H and O–H groups in total. The molecule has 1 aromatic carbocycles. The smallest absolute Gasteiger partial charge is 0.433 e. The van der Waals surface area contributed by atoms with Crippen molar-refractivity contribution in [3.63, 3.8) is 0 Å². The molecule has 1 atom stereocenters. The third-order valence-corrected chi connectivity index (χ3v) is 4.33. The third-order valence-electron chi connectivity index (χ3n) is 3.58. The molecule has 0 bridgehead atoms. The van der Waals surface area contributed by atoms with Gasteiger partial charge in [-0.1, -0.05) is 0 Å². The maximum atomic E-state index is 13.3. The van der Waals surface area contributed by atoms with Crippen molar-refractivity contribution in [1.82, 2.24) is 4.98 Å². The van der Waals surface area contributed by atoms with Gasteiger partial charge in [-0.05, 0) is 31.2 Å². The molecule has 2 aromatic heterocycles. The molecular weight excluding hydrogens is 412 g/mol. The van der Waals surface area contributed by atoms with Gasteiger partial charge in [0.1, 0.15) is 4.92 Å². The van der Waals surface area contributed by atoms with Gasteiger partial charge in [0.15, 0.2) is 22.9 Å². The first-order valence-electron chi connectivity index (χ1n) is 7.91. The van der Waals surface area contributed by atoms with Crippen LogP contribution in [0.4, 0.5) is 19.8 Å². The highest BCUT2D eigenvalue weighted by Gasteiger charge is 2.24. The quantitative estimate of drug-likeness (QED) is 0.363. The van der Waals surface area contributed by atoms with E-state index in [9.17, 15) is 28.5 Å². The minimum Gasteiger partial charge on any atom is -0.447 e. The number of esters is 1. The molecule has 0 saturated carbocycles. The number of aromatic nitrogens is 1. The van der Waals surface area contributed by atoms with Gasteiger partial charge in [0.05, 0.1) is 11.8 Å². The molecule has 3 aromatic rings. The standard InChI is InChI=1S/C17H11F2N3O6S/c1-8(27-16(24)13-4-5-14(28-13)22(25)26)15(23)21-17-20-12(7-29-17)9-2-3-10(18)11(19)6-9/h2-8H,1H3,(H,20,21,23)/t8-/m0/s1. The van der Waals surface area contributed by atoms with Gasteiger partial charge in [-0.15, -0.1) is 11.3 Å². The monoisotopic (exact) mass is 423 g/mol. The van der Waals surface area contributed by atoms with Crippen molar-refractivity contribution in [3.8, 4) is 11.3 Å². The van der Waals surface area contributed by atoms with Crippen LogP contribution in [0, 0.1) is 21.7 Å². The van der Waals surface area contributed by atoms with Crippen molar-refractivity contribution in [1.29, 1.82) is 0 Å². The fraction of sp³-hybridized carbons (Fsp3) is 0.118. The van der Waals surface area contributed by atoms with Crippen LogP contribution in [-0.2, 0) is 9.53 Å². The van der Waals surface area contributed by atoms with Crippen LogP contribution in [0.25, 0.3) is 11.3 Å². The Morgan fingerprint density at radius 3 is 2.69 bits per heavy atom. The molecule has 3 rings (SSSR count). The van der Waals surface area contributed by atoms with Crippen molar-refractivity contribution < 1.29 is 32.4 Å². The van der Waals surface area contributed by atoms with Crippen LogP contribution in [-0.4, -0.2) is 27.9 Å². The van der Waals surface area contributed by atoms with E-state index in [0.717, 1.165) is 35.6 Å². The highest BCUT2D eigenvalue weighted by Crippen LogP contribution is 2.26. The van der Waals surface area contributed by atoms with Crippen molar-refractivity contribution >= 4 is 34.2 Å². The highest BCUT2D eigenvalue weighted by atomic mass is 32.1. The summed E-state index contributed by atoms with van der Waals surface area (Å²) in [6.45, 7) is 1.29. The Balaban J connectivity index is 1.62. The average Bonchev–Trinajstić information content (AvgIpc) is 3.33. The van der Waals surface area contributed by atoms with Crippen LogP contribution in [0.2, 0.25) is 0 Å². The number of amides is 1. The summed E-state index contributed by atoms with van der Waals surface area (Å²) in [6.07, 6.45) is -1.26. The highest BCUT2D eigenvalue weighted by molar-refractivity contribution is 7.14. The first-order chi connectivity index (χ1) is 13.7. The van der Waals surface area contributed by atoms with E-state index >= 15 is 0 Å². The van der Waals surface area contributed by atoms with E-state index in [-0.39, 0.29) is 5.13 Å². The molecule has 12 heteroatoms. The zero-order valence-electron chi connectivity index (χ0n) is 14.5. The Hall–Kier alpha value is -3.67. The Bertz CT molecular complexity index is 1100. The predicted molar refractivity (Wildman–Crippen MR) is 96.3 cm³/mol. The molecule has 0 saturated heterocycles. The number of carbonyl (C=O) groups is 2. The van der Waals surface area contributed by atoms with Gasteiger partial charge in [0.25, 0.3) is 5.91 Å². The van der Waals surface area contributed by atoms with Gasteiger partial charge in [-0.25, -0.2) is 18.6 Å². The summed E-state index contributed by atoms with van der Waals surface area (Å²) in [4.78, 5) is 37.9. The molecule has 2 heterocycles. The number of rotatable bonds is 6. The lowest BCUT2D eigenvalue weighted by atomic mass is 10.2. The number of furan rings is 1. The van der Waals surface area contributed by atoms with Gasteiger partial charge >= 0.3 is 11.9 Å². The van der Waals surface area contributed by atoms with E-state index in [1.165, 1.54) is 18.4 Å². The fourth-order valence-electron chi connectivity index (χ4n) is 2.13.